The van der Waals surface area contributed by atoms with E-state index in [0.29, 0.717) is 26.2 Å². The van der Waals surface area contributed by atoms with Crippen LogP contribution in [0.2, 0.25) is 5.28 Å². The maximum absolute atomic E-state index is 12.8. The van der Waals surface area contributed by atoms with Gasteiger partial charge in [-0.2, -0.15) is 13.2 Å². The smallest absolute Gasteiger partial charge is 0.353 e. The number of alkyl halides is 3. The summed E-state index contributed by atoms with van der Waals surface area (Å²) >= 11 is 5.58. The summed E-state index contributed by atoms with van der Waals surface area (Å²) in [7, 11) is 0. The fourth-order valence-electron chi connectivity index (χ4n) is 2.53. The van der Waals surface area contributed by atoms with Crippen LogP contribution in [-0.4, -0.2) is 53.1 Å². The first-order valence-corrected chi connectivity index (χ1v) is 6.63. The number of nitrogens with one attached hydrogen (secondary N) is 1. The number of halogens is 4. The van der Waals surface area contributed by atoms with Crippen molar-refractivity contribution in [3.05, 3.63) is 17.0 Å². The molecule has 2 aliphatic rings. The maximum Gasteiger partial charge on any atom is 0.433 e. The Morgan fingerprint density at radius 1 is 1.33 bits per heavy atom. The van der Waals surface area contributed by atoms with Crippen LogP contribution in [0, 0.1) is 0 Å². The number of amides is 2. The number of carbonyl (C=O) groups is 1. The molecule has 2 saturated heterocycles. The Morgan fingerprint density at radius 2 is 2.10 bits per heavy atom. The normalized spacial score (nSPS) is 22.3. The first-order valence-electron chi connectivity index (χ1n) is 6.26. The highest BCUT2D eigenvalue weighted by molar-refractivity contribution is 6.28. The third kappa shape index (κ3) is 2.69. The van der Waals surface area contributed by atoms with E-state index in [2.05, 4.69) is 15.3 Å². The molecule has 0 bridgehead atoms. The van der Waals surface area contributed by atoms with Crippen molar-refractivity contribution in [3.63, 3.8) is 0 Å². The topological polar surface area (TPSA) is 61.4 Å². The lowest BCUT2D eigenvalue weighted by molar-refractivity contribution is -0.141. The molecule has 3 heterocycles. The molecule has 2 aliphatic heterocycles. The van der Waals surface area contributed by atoms with E-state index in [1.165, 1.54) is 0 Å². The van der Waals surface area contributed by atoms with Gasteiger partial charge in [0.05, 0.1) is 6.04 Å². The van der Waals surface area contributed by atoms with Crippen molar-refractivity contribution >= 4 is 23.4 Å². The molecule has 1 unspecified atom stereocenters. The number of nitrogens with zero attached hydrogens (tertiary/aromatic N) is 4. The highest BCUT2D eigenvalue weighted by Crippen LogP contribution is 2.31. The minimum Gasteiger partial charge on any atom is -0.353 e. The lowest BCUT2D eigenvalue weighted by Crippen LogP contribution is -2.52. The minimum atomic E-state index is -4.58. The molecule has 0 aliphatic carbocycles. The Hall–Kier alpha value is -1.77. The minimum absolute atomic E-state index is 0.0747. The summed E-state index contributed by atoms with van der Waals surface area (Å²) in [6.45, 7) is 1.71. The number of urea groups is 1. The fraction of sp³-hybridized carbons (Fsp3) is 0.545. The Kier molecular flexibility index (Phi) is 3.31. The van der Waals surface area contributed by atoms with E-state index in [9.17, 15) is 18.0 Å². The number of aromatic nitrogens is 2. The van der Waals surface area contributed by atoms with Crippen molar-refractivity contribution in [2.75, 3.05) is 31.1 Å². The molecule has 6 nitrogen and oxygen atoms in total. The van der Waals surface area contributed by atoms with Crippen LogP contribution in [0.25, 0.3) is 0 Å². The van der Waals surface area contributed by atoms with Crippen LogP contribution < -0.4 is 10.2 Å². The van der Waals surface area contributed by atoms with Gasteiger partial charge in [0.2, 0.25) is 5.28 Å². The summed E-state index contributed by atoms with van der Waals surface area (Å²) in [5, 5.41) is 2.26. The van der Waals surface area contributed by atoms with Gasteiger partial charge in [-0.15, -0.1) is 0 Å². The van der Waals surface area contributed by atoms with Gasteiger partial charge in [0.15, 0.2) is 5.69 Å². The summed E-state index contributed by atoms with van der Waals surface area (Å²) in [5.74, 6) is 0.126. The van der Waals surface area contributed by atoms with E-state index < -0.39 is 17.2 Å². The van der Waals surface area contributed by atoms with Crippen LogP contribution in [-0.2, 0) is 6.18 Å². The number of hydrogen-bond acceptors (Lipinski definition) is 4. The van der Waals surface area contributed by atoms with Gasteiger partial charge in [0, 0.05) is 32.2 Å². The lowest BCUT2D eigenvalue weighted by Gasteiger charge is -2.37. The molecule has 114 valence electrons. The second-order valence-electron chi connectivity index (χ2n) is 4.86. The van der Waals surface area contributed by atoms with Crippen molar-refractivity contribution in [2.24, 2.45) is 0 Å². The van der Waals surface area contributed by atoms with Gasteiger partial charge >= 0.3 is 12.2 Å². The van der Waals surface area contributed by atoms with E-state index in [0.717, 1.165) is 6.07 Å². The zero-order valence-corrected chi connectivity index (χ0v) is 11.4. The van der Waals surface area contributed by atoms with Crippen LogP contribution in [0.1, 0.15) is 5.69 Å². The molecular formula is C11H11ClF3N5O. The summed E-state index contributed by atoms with van der Waals surface area (Å²) < 4.78 is 38.3. The molecule has 2 amide bonds. The molecule has 0 aromatic carbocycles. The second-order valence-corrected chi connectivity index (χ2v) is 5.20. The number of hydrogen-bond donors (Lipinski definition) is 1. The fourth-order valence-corrected chi connectivity index (χ4v) is 2.70. The maximum atomic E-state index is 12.8. The van der Waals surface area contributed by atoms with Crippen molar-refractivity contribution in [1.82, 2.24) is 20.2 Å². The van der Waals surface area contributed by atoms with E-state index in [-0.39, 0.29) is 17.9 Å². The average molecular weight is 322 g/mol. The third-order valence-electron chi connectivity index (χ3n) is 3.53. The quantitative estimate of drug-likeness (QED) is 0.794. The highest BCUT2D eigenvalue weighted by atomic mass is 35.5. The van der Waals surface area contributed by atoms with Crippen LogP contribution in [0.5, 0.6) is 0 Å². The Labute approximate surface area is 122 Å². The van der Waals surface area contributed by atoms with Crippen LogP contribution in [0.4, 0.5) is 23.8 Å². The molecule has 0 spiro atoms. The average Bonchev–Trinajstić information content (AvgIpc) is 2.78. The molecular weight excluding hydrogens is 311 g/mol. The lowest BCUT2D eigenvalue weighted by atomic mass is 10.2. The standard InChI is InChI=1S/C11H11ClF3N5O/c12-9-17-7(11(13,14)15)3-8(18-9)19-1-2-20-6(5-19)4-16-10(20)21/h3,6H,1-2,4-5H2,(H,16,21). The van der Waals surface area contributed by atoms with E-state index >= 15 is 0 Å². The zero-order chi connectivity index (χ0) is 15.2. The molecule has 10 heteroatoms. The summed E-state index contributed by atoms with van der Waals surface area (Å²) in [5.41, 5.74) is -1.07. The monoisotopic (exact) mass is 321 g/mol. The molecule has 21 heavy (non-hydrogen) atoms. The Morgan fingerprint density at radius 3 is 2.81 bits per heavy atom. The van der Waals surface area contributed by atoms with Gasteiger partial charge in [-0.05, 0) is 11.6 Å². The van der Waals surface area contributed by atoms with Gasteiger partial charge < -0.3 is 15.1 Å². The van der Waals surface area contributed by atoms with E-state index in [1.807, 2.05) is 0 Å². The van der Waals surface area contributed by atoms with Crippen LogP contribution in [0.15, 0.2) is 6.07 Å². The van der Waals surface area contributed by atoms with Gasteiger partial charge in [-0.3, -0.25) is 0 Å². The SMILES string of the molecule is O=C1NCC2CN(c3cc(C(F)(F)F)nc(Cl)n3)CCN12. The summed E-state index contributed by atoms with van der Waals surface area (Å²) in [4.78, 5) is 21.9. The number of piperazine rings is 1. The number of carbonyl (C=O) groups excluding carboxylic acids is 1. The van der Waals surface area contributed by atoms with Crippen molar-refractivity contribution in [3.8, 4) is 0 Å². The van der Waals surface area contributed by atoms with Gasteiger partial charge in [-0.1, -0.05) is 0 Å². The first-order chi connectivity index (χ1) is 9.84. The number of rotatable bonds is 1. The van der Waals surface area contributed by atoms with Crippen molar-refractivity contribution in [2.45, 2.75) is 12.2 Å². The molecule has 0 saturated carbocycles. The van der Waals surface area contributed by atoms with Gasteiger partial charge in [0.1, 0.15) is 5.82 Å². The number of fused-ring (bicyclic) bond motifs is 1. The van der Waals surface area contributed by atoms with Crippen LogP contribution in [0.3, 0.4) is 0 Å². The van der Waals surface area contributed by atoms with Gasteiger partial charge in [-0.25, -0.2) is 14.8 Å². The van der Waals surface area contributed by atoms with Crippen molar-refractivity contribution < 1.29 is 18.0 Å². The van der Waals surface area contributed by atoms with Crippen molar-refractivity contribution in [1.29, 1.82) is 0 Å². The molecule has 0 radical (unpaired) electrons. The van der Waals surface area contributed by atoms with E-state index in [4.69, 9.17) is 11.6 Å². The predicted octanol–water partition coefficient (Wildman–Crippen LogP) is 1.36. The molecule has 2 fully saturated rings. The Bertz CT molecular complexity index is 581. The summed E-state index contributed by atoms with van der Waals surface area (Å²) in [6, 6.07) is 0.664. The summed E-state index contributed by atoms with van der Waals surface area (Å²) in [6.07, 6.45) is -4.58. The largest absolute Gasteiger partial charge is 0.433 e. The predicted molar refractivity (Wildman–Crippen MR) is 68.1 cm³/mol. The molecule has 1 aromatic rings. The first kappa shape index (κ1) is 14.2. The third-order valence-corrected chi connectivity index (χ3v) is 3.70. The van der Waals surface area contributed by atoms with Crippen LogP contribution >= 0.6 is 11.6 Å². The Balaban J connectivity index is 1.84. The molecule has 3 rings (SSSR count). The molecule has 1 N–H and O–H groups in total. The zero-order valence-electron chi connectivity index (χ0n) is 10.7. The molecule has 1 atom stereocenters. The van der Waals surface area contributed by atoms with E-state index in [1.54, 1.807) is 9.80 Å². The molecule has 1 aromatic heterocycles. The second kappa shape index (κ2) is 4.90. The highest BCUT2D eigenvalue weighted by Gasteiger charge is 2.38. The van der Waals surface area contributed by atoms with Gasteiger partial charge in [0.25, 0.3) is 0 Å². The number of anilines is 1.